The van der Waals surface area contributed by atoms with Gasteiger partial charge in [0.2, 0.25) is 5.91 Å². The van der Waals surface area contributed by atoms with Gasteiger partial charge < -0.3 is 15.2 Å². The largest absolute Gasteiger partial charge is 0.507 e. The third kappa shape index (κ3) is 4.13. The highest BCUT2D eigenvalue weighted by Gasteiger charge is 2.47. The Kier molecular flexibility index (Phi) is 6.14. The summed E-state index contributed by atoms with van der Waals surface area (Å²) in [6.45, 7) is 3.24. The van der Waals surface area contributed by atoms with Crippen molar-refractivity contribution < 1.29 is 24.2 Å². The smallest absolute Gasteiger partial charge is 0.300 e. The number of aryl methyl sites for hydroxylation is 1. The molecule has 172 valence electrons. The molecule has 1 aromatic heterocycles. The molecule has 0 radical (unpaired) electrons. The van der Waals surface area contributed by atoms with Crippen LogP contribution in [0.2, 0.25) is 0 Å². The molecule has 1 fully saturated rings. The van der Waals surface area contributed by atoms with Crippen LogP contribution >= 0.6 is 0 Å². The number of nitrogens with zero attached hydrogens (tertiary/aromatic N) is 2. The SMILES string of the molecule is COc1ccc(C)cc1/C(O)=C1\C(=O)C(=O)N(c2ccc(NC(C)=O)cc2)C1c1ccccn1. The van der Waals surface area contributed by atoms with Crippen molar-refractivity contribution in [3.05, 3.63) is 89.3 Å². The van der Waals surface area contributed by atoms with Crippen molar-refractivity contribution in [1.82, 2.24) is 4.98 Å². The number of aromatic nitrogens is 1. The second kappa shape index (κ2) is 9.19. The summed E-state index contributed by atoms with van der Waals surface area (Å²) in [6.07, 6.45) is 1.56. The van der Waals surface area contributed by atoms with Gasteiger partial charge in [0.25, 0.3) is 11.7 Å². The lowest BCUT2D eigenvalue weighted by atomic mass is 9.97. The zero-order valence-corrected chi connectivity index (χ0v) is 18.9. The number of benzene rings is 2. The number of ketones is 1. The molecule has 0 bridgehead atoms. The predicted molar refractivity (Wildman–Crippen MR) is 127 cm³/mol. The van der Waals surface area contributed by atoms with E-state index in [1.165, 1.54) is 18.9 Å². The third-order valence-electron chi connectivity index (χ3n) is 5.49. The van der Waals surface area contributed by atoms with Crippen LogP contribution in [0.1, 0.15) is 29.8 Å². The Hall–Kier alpha value is -4.46. The van der Waals surface area contributed by atoms with Crippen molar-refractivity contribution in [2.45, 2.75) is 19.9 Å². The molecule has 0 spiro atoms. The molecule has 2 heterocycles. The number of hydrogen-bond donors (Lipinski definition) is 2. The van der Waals surface area contributed by atoms with Gasteiger partial charge >= 0.3 is 0 Å². The van der Waals surface area contributed by atoms with E-state index in [0.717, 1.165) is 5.56 Å². The van der Waals surface area contributed by atoms with E-state index in [0.29, 0.717) is 28.4 Å². The summed E-state index contributed by atoms with van der Waals surface area (Å²) in [5.74, 6) is -1.83. The number of hydrogen-bond acceptors (Lipinski definition) is 6. The zero-order chi connectivity index (χ0) is 24.4. The predicted octanol–water partition coefficient (Wildman–Crippen LogP) is 3.98. The van der Waals surface area contributed by atoms with Crippen LogP contribution < -0.4 is 15.0 Å². The number of amides is 2. The average Bonchev–Trinajstić information content (AvgIpc) is 3.10. The first-order chi connectivity index (χ1) is 16.3. The highest BCUT2D eigenvalue weighted by molar-refractivity contribution is 6.51. The van der Waals surface area contributed by atoms with E-state index in [1.807, 2.05) is 13.0 Å². The second-order valence-electron chi connectivity index (χ2n) is 7.86. The van der Waals surface area contributed by atoms with Gasteiger partial charge in [-0.05, 0) is 55.5 Å². The van der Waals surface area contributed by atoms with Crippen LogP contribution in [0.15, 0.2) is 72.4 Å². The molecule has 0 saturated carbocycles. The van der Waals surface area contributed by atoms with Crippen LogP contribution in [-0.2, 0) is 14.4 Å². The molecule has 0 aliphatic carbocycles. The van der Waals surface area contributed by atoms with E-state index in [1.54, 1.807) is 60.8 Å². The van der Waals surface area contributed by atoms with E-state index >= 15 is 0 Å². The number of rotatable bonds is 5. The number of aliphatic hydroxyl groups is 1. The Morgan fingerprint density at radius 2 is 1.82 bits per heavy atom. The first-order valence-electron chi connectivity index (χ1n) is 10.6. The minimum atomic E-state index is -0.960. The minimum absolute atomic E-state index is 0.0847. The Morgan fingerprint density at radius 1 is 1.09 bits per heavy atom. The first-order valence-corrected chi connectivity index (χ1v) is 10.6. The van der Waals surface area contributed by atoms with Gasteiger partial charge in [-0.25, -0.2) is 0 Å². The Morgan fingerprint density at radius 3 is 2.44 bits per heavy atom. The van der Waals surface area contributed by atoms with Crippen molar-refractivity contribution in [1.29, 1.82) is 0 Å². The summed E-state index contributed by atoms with van der Waals surface area (Å²) in [7, 11) is 1.47. The summed E-state index contributed by atoms with van der Waals surface area (Å²) < 4.78 is 5.39. The Bertz CT molecular complexity index is 1300. The molecular weight excluding hydrogens is 434 g/mol. The van der Waals surface area contributed by atoms with Gasteiger partial charge in [-0.3, -0.25) is 24.3 Å². The fourth-order valence-corrected chi connectivity index (χ4v) is 3.98. The van der Waals surface area contributed by atoms with Crippen LogP contribution in [0.5, 0.6) is 5.75 Å². The molecule has 1 aliphatic heterocycles. The molecule has 1 saturated heterocycles. The zero-order valence-electron chi connectivity index (χ0n) is 18.9. The quantitative estimate of drug-likeness (QED) is 0.341. The third-order valence-corrected chi connectivity index (χ3v) is 5.49. The van der Waals surface area contributed by atoms with Crippen molar-refractivity contribution in [3.63, 3.8) is 0 Å². The van der Waals surface area contributed by atoms with Gasteiger partial charge in [0.15, 0.2) is 0 Å². The Balaban J connectivity index is 1.90. The number of nitrogens with one attached hydrogen (secondary N) is 1. The fraction of sp³-hybridized carbons (Fsp3) is 0.154. The molecule has 8 heteroatoms. The maximum atomic E-state index is 13.2. The molecule has 2 aromatic carbocycles. The van der Waals surface area contributed by atoms with E-state index in [4.69, 9.17) is 4.74 Å². The minimum Gasteiger partial charge on any atom is -0.507 e. The molecular formula is C26H23N3O5. The number of ether oxygens (including phenoxy) is 1. The number of aliphatic hydroxyl groups excluding tert-OH is 1. The summed E-state index contributed by atoms with van der Waals surface area (Å²) >= 11 is 0. The lowest BCUT2D eigenvalue weighted by molar-refractivity contribution is -0.132. The standard InChI is InChI=1S/C26H23N3O5/c1-15-7-12-21(34-3)19(14-15)24(31)22-23(20-6-4-5-13-27-20)29(26(33)25(22)32)18-10-8-17(9-11-18)28-16(2)30/h4-14,23,31H,1-3H3,(H,28,30)/b24-22+. The normalized spacial score (nSPS) is 17.0. The van der Waals surface area contributed by atoms with Crippen LogP contribution in [0.3, 0.4) is 0 Å². The number of pyridine rings is 1. The van der Waals surface area contributed by atoms with Gasteiger partial charge in [0, 0.05) is 24.5 Å². The summed E-state index contributed by atoms with van der Waals surface area (Å²) in [5.41, 5.74) is 2.45. The summed E-state index contributed by atoms with van der Waals surface area (Å²) in [6, 6.07) is 15.9. The van der Waals surface area contributed by atoms with Crippen LogP contribution in [0, 0.1) is 6.92 Å². The molecule has 2 N–H and O–H groups in total. The number of anilines is 2. The lowest BCUT2D eigenvalue weighted by Crippen LogP contribution is -2.29. The van der Waals surface area contributed by atoms with E-state index < -0.39 is 17.7 Å². The second-order valence-corrected chi connectivity index (χ2v) is 7.86. The van der Waals surface area contributed by atoms with E-state index in [-0.39, 0.29) is 17.2 Å². The molecule has 8 nitrogen and oxygen atoms in total. The number of carbonyl (C=O) groups excluding carboxylic acids is 3. The van der Waals surface area contributed by atoms with Crippen LogP contribution in [0.4, 0.5) is 11.4 Å². The maximum absolute atomic E-state index is 13.2. The lowest BCUT2D eigenvalue weighted by Gasteiger charge is -2.25. The molecule has 1 aliphatic rings. The van der Waals surface area contributed by atoms with Gasteiger partial charge in [-0.2, -0.15) is 0 Å². The van der Waals surface area contributed by atoms with Crippen LogP contribution in [0.25, 0.3) is 5.76 Å². The summed E-state index contributed by atoms with van der Waals surface area (Å²) in [5, 5.41) is 14.0. The fourth-order valence-electron chi connectivity index (χ4n) is 3.98. The highest BCUT2D eigenvalue weighted by atomic mass is 16.5. The van der Waals surface area contributed by atoms with Gasteiger partial charge in [-0.15, -0.1) is 0 Å². The summed E-state index contributed by atoms with van der Waals surface area (Å²) in [4.78, 5) is 43.5. The molecule has 2 amide bonds. The molecule has 3 aromatic rings. The Labute approximate surface area is 196 Å². The maximum Gasteiger partial charge on any atom is 0.300 e. The topological polar surface area (TPSA) is 109 Å². The number of carbonyl (C=O) groups is 3. The van der Waals surface area contributed by atoms with E-state index in [9.17, 15) is 19.5 Å². The monoisotopic (exact) mass is 457 g/mol. The van der Waals surface area contributed by atoms with Crippen LogP contribution in [-0.4, -0.2) is 34.8 Å². The number of methoxy groups -OCH3 is 1. The molecule has 1 atom stereocenters. The molecule has 4 rings (SSSR count). The first kappa shape index (κ1) is 22.7. The van der Waals surface area contributed by atoms with Crippen molar-refractivity contribution >= 4 is 34.7 Å². The average molecular weight is 457 g/mol. The van der Waals surface area contributed by atoms with Gasteiger partial charge in [0.05, 0.1) is 23.9 Å². The van der Waals surface area contributed by atoms with Crippen molar-refractivity contribution in [3.8, 4) is 5.75 Å². The number of Topliss-reactive ketones (excluding diaryl/α,β-unsaturated/α-hetero) is 1. The molecule has 1 unspecified atom stereocenters. The van der Waals surface area contributed by atoms with Gasteiger partial charge in [0.1, 0.15) is 17.6 Å². The van der Waals surface area contributed by atoms with Crippen molar-refractivity contribution in [2.75, 3.05) is 17.3 Å². The van der Waals surface area contributed by atoms with Gasteiger partial charge in [-0.1, -0.05) is 17.7 Å². The van der Waals surface area contributed by atoms with Crippen molar-refractivity contribution in [2.24, 2.45) is 0 Å². The molecule has 34 heavy (non-hydrogen) atoms. The van der Waals surface area contributed by atoms with E-state index in [2.05, 4.69) is 10.3 Å². The highest BCUT2D eigenvalue weighted by Crippen LogP contribution is 2.42.